The minimum atomic E-state index is -3.86. The Labute approximate surface area is 161 Å². The number of benzene rings is 3. The predicted molar refractivity (Wildman–Crippen MR) is 108 cm³/mol. The van der Waals surface area contributed by atoms with E-state index in [9.17, 15) is 18.5 Å². The van der Waals surface area contributed by atoms with E-state index in [1.165, 1.54) is 16.1 Å². The molecule has 28 heavy (non-hydrogen) atoms. The number of rotatable bonds is 4. The first-order valence-electron chi connectivity index (χ1n) is 8.55. The minimum Gasteiger partial charge on any atom is -0.258 e. The van der Waals surface area contributed by atoms with E-state index in [0.717, 1.165) is 10.9 Å². The first-order valence-corrected chi connectivity index (χ1v) is 9.99. The molecule has 140 valence electrons. The first-order chi connectivity index (χ1) is 13.4. The summed E-state index contributed by atoms with van der Waals surface area (Å²) in [6, 6.07) is 21.5. The number of non-ortho nitro benzene ring substituents is 1. The Bertz CT molecular complexity index is 1290. The van der Waals surface area contributed by atoms with Crippen LogP contribution in [0, 0.1) is 17.0 Å². The molecule has 0 fully saturated rings. The van der Waals surface area contributed by atoms with Crippen molar-refractivity contribution < 1.29 is 13.3 Å². The standard InChI is InChI=1S/C21H16N2O4S/c1-15-6-12-19(13-7-15)28(26,27)22-20-5-3-2-4-17(20)14-21(22)16-8-10-18(11-9-16)23(24)25/h2-14H,1H3. The maximum Gasteiger partial charge on any atom is 0.269 e. The molecule has 1 heterocycles. The van der Waals surface area contributed by atoms with Gasteiger partial charge < -0.3 is 0 Å². The van der Waals surface area contributed by atoms with Crippen LogP contribution in [0.5, 0.6) is 0 Å². The molecule has 0 aliphatic heterocycles. The molecule has 0 unspecified atom stereocenters. The van der Waals surface area contributed by atoms with Crippen molar-refractivity contribution in [2.75, 3.05) is 0 Å². The molecule has 0 saturated heterocycles. The second-order valence-electron chi connectivity index (χ2n) is 6.47. The molecular weight excluding hydrogens is 376 g/mol. The van der Waals surface area contributed by atoms with Crippen LogP contribution in [0.2, 0.25) is 0 Å². The summed E-state index contributed by atoms with van der Waals surface area (Å²) in [6.45, 7) is 1.89. The highest BCUT2D eigenvalue weighted by molar-refractivity contribution is 7.90. The third-order valence-corrected chi connectivity index (χ3v) is 6.34. The smallest absolute Gasteiger partial charge is 0.258 e. The van der Waals surface area contributed by atoms with Crippen LogP contribution >= 0.6 is 0 Å². The molecule has 7 heteroatoms. The van der Waals surface area contributed by atoms with Crippen LogP contribution in [-0.4, -0.2) is 17.3 Å². The Morgan fingerprint density at radius 1 is 0.893 bits per heavy atom. The Hall–Kier alpha value is -3.45. The summed E-state index contributed by atoms with van der Waals surface area (Å²) in [5, 5.41) is 11.7. The third-order valence-electron chi connectivity index (χ3n) is 4.60. The molecule has 4 aromatic rings. The van der Waals surface area contributed by atoms with Crippen molar-refractivity contribution in [2.45, 2.75) is 11.8 Å². The van der Waals surface area contributed by atoms with Crippen molar-refractivity contribution in [1.29, 1.82) is 0 Å². The summed E-state index contributed by atoms with van der Waals surface area (Å²) in [5.74, 6) is 0. The zero-order valence-corrected chi connectivity index (χ0v) is 15.8. The van der Waals surface area contributed by atoms with Gasteiger partial charge in [-0.2, -0.15) is 0 Å². The molecule has 0 N–H and O–H groups in total. The first kappa shape index (κ1) is 17.9. The highest BCUT2D eigenvalue weighted by Gasteiger charge is 2.24. The van der Waals surface area contributed by atoms with Crippen LogP contribution in [0.25, 0.3) is 22.2 Å². The number of nitrogens with zero attached hydrogens (tertiary/aromatic N) is 2. The lowest BCUT2D eigenvalue weighted by Gasteiger charge is -2.12. The van der Waals surface area contributed by atoms with E-state index in [-0.39, 0.29) is 10.6 Å². The highest BCUT2D eigenvalue weighted by atomic mass is 32.2. The van der Waals surface area contributed by atoms with Gasteiger partial charge in [0.25, 0.3) is 15.7 Å². The number of hydrogen-bond acceptors (Lipinski definition) is 4. The van der Waals surface area contributed by atoms with Crippen LogP contribution in [0.4, 0.5) is 5.69 Å². The van der Waals surface area contributed by atoms with Crippen molar-refractivity contribution in [2.24, 2.45) is 0 Å². The molecule has 0 aliphatic carbocycles. The van der Waals surface area contributed by atoms with Crippen molar-refractivity contribution in [3.63, 3.8) is 0 Å². The van der Waals surface area contributed by atoms with E-state index < -0.39 is 14.9 Å². The fourth-order valence-corrected chi connectivity index (χ4v) is 4.69. The van der Waals surface area contributed by atoms with E-state index in [0.29, 0.717) is 16.8 Å². The van der Waals surface area contributed by atoms with E-state index in [2.05, 4.69) is 0 Å². The molecule has 4 rings (SSSR count). The van der Waals surface area contributed by atoms with Crippen LogP contribution in [0.3, 0.4) is 0 Å². The SMILES string of the molecule is Cc1ccc(S(=O)(=O)n2c(-c3ccc([N+](=O)[O-])cc3)cc3ccccc32)cc1. The molecule has 0 atom stereocenters. The molecule has 0 aliphatic rings. The van der Waals surface area contributed by atoms with Gasteiger partial charge in [-0.15, -0.1) is 0 Å². The molecule has 0 bridgehead atoms. The fraction of sp³-hybridized carbons (Fsp3) is 0.0476. The van der Waals surface area contributed by atoms with Crippen LogP contribution < -0.4 is 0 Å². The lowest BCUT2D eigenvalue weighted by molar-refractivity contribution is -0.384. The van der Waals surface area contributed by atoms with Crippen molar-refractivity contribution in [3.8, 4) is 11.3 Å². The van der Waals surface area contributed by atoms with Gasteiger partial charge in [0.1, 0.15) is 0 Å². The second-order valence-corrected chi connectivity index (χ2v) is 8.26. The maximum atomic E-state index is 13.4. The summed E-state index contributed by atoms with van der Waals surface area (Å²) in [5.41, 5.74) is 2.50. The van der Waals surface area contributed by atoms with Gasteiger partial charge in [0.2, 0.25) is 0 Å². The third kappa shape index (κ3) is 2.95. The van der Waals surface area contributed by atoms with Gasteiger partial charge in [0, 0.05) is 17.5 Å². The average molecular weight is 392 g/mol. The Balaban J connectivity index is 1.98. The lowest BCUT2D eigenvalue weighted by Crippen LogP contribution is -2.14. The van der Waals surface area contributed by atoms with Crippen molar-refractivity contribution in [3.05, 3.63) is 94.5 Å². The summed E-state index contributed by atoms with van der Waals surface area (Å²) in [4.78, 5) is 10.6. The quantitative estimate of drug-likeness (QED) is 0.370. The number of aromatic nitrogens is 1. The summed E-state index contributed by atoms with van der Waals surface area (Å²) in [7, 11) is -3.86. The van der Waals surface area contributed by atoms with Crippen molar-refractivity contribution in [1.82, 2.24) is 3.97 Å². The monoisotopic (exact) mass is 392 g/mol. The zero-order valence-electron chi connectivity index (χ0n) is 14.9. The summed E-state index contributed by atoms with van der Waals surface area (Å²) < 4.78 is 28.2. The second kappa shape index (κ2) is 6.61. The topological polar surface area (TPSA) is 82.2 Å². The fourth-order valence-electron chi connectivity index (χ4n) is 3.16. The number of aryl methyl sites for hydroxylation is 1. The normalized spacial score (nSPS) is 11.6. The number of para-hydroxylation sites is 1. The van der Waals surface area contributed by atoms with E-state index >= 15 is 0 Å². The van der Waals surface area contributed by atoms with Gasteiger partial charge in [0.15, 0.2) is 0 Å². The predicted octanol–water partition coefficient (Wildman–Crippen LogP) is 4.76. The van der Waals surface area contributed by atoms with Crippen LogP contribution in [-0.2, 0) is 10.0 Å². The van der Waals surface area contributed by atoms with Gasteiger partial charge in [0.05, 0.1) is 21.0 Å². The van der Waals surface area contributed by atoms with Crippen LogP contribution in [0.1, 0.15) is 5.56 Å². The molecule has 0 spiro atoms. The van der Waals surface area contributed by atoms with Gasteiger partial charge in [-0.05, 0) is 48.9 Å². The molecule has 0 amide bonds. The zero-order chi connectivity index (χ0) is 19.9. The van der Waals surface area contributed by atoms with Gasteiger partial charge in [-0.3, -0.25) is 10.1 Å². The van der Waals surface area contributed by atoms with E-state index in [4.69, 9.17) is 0 Å². The van der Waals surface area contributed by atoms with Crippen LogP contribution in [0.15, 0.2) is 83.8 Å². The van der Waals surface area contributed by atoms with Gasteiger partial charge in [-0.25, -0.2) is 12.4 Å². The molecule has 0 radical (unpaired) electrons. The van der Waals surface area contributed by atoms with Crippen molar-refractivity contribution >= 4 is 26.6 Å². The summed E-state index contributed by atoms with van der Waals surface area (Å²) >= 11 is 0. The maximum absolute atomic E-state index is 13.4. The molecule has 1 aromatic heterocycles. The van der Waals surface area contributed by atoms with E-state index in [1.54, 1.807) is 54.6 Å². The van der Waals surface area contributed by atoms with Gasteiger partial charge in [-0.1, -0.05) is 35.9 Å². The number of nitro groups is 1. The molecule has 3 aromatic carbocycles. The lowest BCUT2D eigenvalue weighted by atomic mass is 10.1. The number of fused-ring (bicyclic) bond motifs is 1. The largest absolute Gasteiger partial charge is 0.269 e. The molecule has 0 saturated carbocycles. The Morgan fingerprint density at radius 2 is 1.54 bits per heavy atom. The molecular formula is C21H16N2O4S. The Morgan fingerprint density at radius 3 is 2.18 bits per heavy atom. The van der Waals surface area contributed by atoms with E-state index in [1.807, 2.05) is 19.1 Å². The Kier molecular flexibility index (Phi) is 4.24. The average Bonchev–Trinajstić information content (AvgIpc) is 3.09. The van der Waals surface area contributed by atoms with Gasteiger partial charge >= 0.3 is 0 Å². The number of nitro benzene ring substituents is 1. The highest BCUT2D eigenvalue weighted by Crippen LogP contribution is 2.33. The minimum absolute atomic E-state index is 0.0483. The summed E-state index contributed by atoms with van der Waals surface area (Å²) in [6.07, 6.45) is 0. The number of hydrogen-bond donors (Lipinski definition) is 0. The molecule has 6 nitrogen and oxygen atoms in total.